The maximum Gasteiger partial charge on any atom is 0.327 e. The highest BCUT2D eigenvalue weighted by Crippen LogP contribution is 2.15. The van der Waals surface area contributed by atoms with Crippen LogP contribution in [0.4, 0.5) is 4.79 Å². The van der Waals surface area contributed by atoms with Gasteiger partial charge in [0.15, 0.2) is 0 Å². The molecule has 0 spiro atoms. The molecule has 19 heavy (non-hydrogen) atoms. The molecule has 1 aromatic carbocycles. The lowest BCUT2D eigenvalue weighted by atomic mass is 10.2. The molecule has 1 aromatic rings. The average Bonchev–Trinajstić information content (AvgIpc) is 2.42. The Balaban J connectivity index is 2.53. The lowest BCUT2D eigenvalue weighted by Crippen LogP contribution is -2.37. The van der Waals surface area contributed by atoms with E-state index in [4.69, 9.17) is 17.3 Å². The van der Waals surface area contributed by atoms with E-state index in [1.165, 1.54) is 6.20 Å². The molecule has 0 aliphatic rings. The molecule has 0 aliphatic carbocycles. The van der Waals surface area contributed by atoms with Gasteiger partial charge in [0.2, 0.25) is 6.41 Å². The van der Waals surface area contributed by atoms with Gasteiger partial charge < -0.3 is 11.1 Å². The van der Waals surface area contributed by atoms with E-state index in [1.807, 2.05) is 18.2 Å². The summed E-state index contributed by atoms with van der Waals surface area (Å²) in [7, 11) is 0. The fourth-order valence-electron chi connectivity index (χ4n) is 1.36. The molecular weight excluding hydrogens is 266 g/mol. The Labute approximate surface area is 117 Å². The lowest BCUT2D eigenvalue weighted by Gasteiger charge is -2.13. The zero-order valence-corrected chi connectivity index (χ0v) is 11.1. The first-order valence-corrected chi connectivity index (χ1v) is 6.20. The van der Waals surface area contributed by atoms with Gasteiger partial charge in [0.1, 0.15) is 0 Å². The van der Waals surface area contributed by atoms with Crippen molar-refractivity contribution in [2.45, 2.75) is 6.42 Å². The summed E-state index contributed by atoms with van der Waals surface area (Å²) in [5, 5.41) is 3.08. The van der Waals surface area contributed by atoms with E-state index in [0.717, 1.165) is 10.5 Å². The van der Waals surface area contributed by atoms with E-state index in [-0.39, 0.29) is 0 Å². The molecule has 0 saturated heterocycles. The fraction of sp³-hybridized carbons (Fsp3) is 0.231. The standard InChI is InChI=1S/C13H16ClN3O2/c14-12-5-2-1-4-11(12)6-8-16-13(19)17(10-18)9-3-7-15/h1-2,4-6,8,10H,3,7,9,15H2,(H,16,19)/b8-6+. The van der Waals surface area contributed by atoms with E-state index in [0.29, 0.717) is 30.9 Å². The quantitative estimate of drug-likeness (QED) is 0.781. The number of nitrogens with two attached hydrogens (primary N) is 1. The van der Waals surface area contributed by atoms with Crippen LogP contribution in [0.5, 0.6) is 0 Å². The second kappa shape index (κ2) is 8.29. The summed E-state index contributed by atoms with van der Waals surface area (Å²) in [6, 6.07) is 6.73. The second-order valence-corrected chi connectivity index (χ2v) is 4.15. The highest BCUT2D eigenvalue weighted by atomic mass is 35.5. The van der Waals surface area contributed by atoms with Crippen molar-refractivity contribution < 1.29 is 9.59 Å². The average molecular weight is 282 g/mol. The van der Waals surface area contributed by atoms with Crippen molar-refractivity contribution in [1.29, 1.82) is 0 Å². The zero-order chi connectivity index (χ0) is 14.1. The van der Waals surface area contributed by atoms with Crippen LogP contribution in [0.2, 0.25) is 5.02 Å². The monoisotopic (exact) mass is 281 g/mol. The number of urea groups is 1. The molecule has 0 radical (unpaired) electrons. The predicted octanol–water partition coefficient (Wildman–Crippen LogP) is 1.83. The van der Waals surface area contributed by atoms with Crippen LogP contribution in [0, 0.1) is 0 Å². The number of hydrogen-bond acceptors (Lipinski definition) is 3. The predicted molar refractivity (Wildman–Crippen MR) is 75.5 cm³/mol. The van der Waals surface area contributed by atoms with E-state index in [1.54, 1.807) is 12.1 Å². The molecule has 0 saturated carbocycles. The van der Waals surface area contributed by atoms with Gasteiger partial charge in [-0.15, -0.1) is 0 Å². The van der Waals surface area contributed by atoms with Crippen molar-refractivity contribution in [3.8, 4) is 0 Å². The molecule has 0 bridgehead atoms. The number of rotatable bonds is 6. The molecule has 3 N–H and O–H groups in total. The molecule has 0 fully saturated rings. The topological polar surface area (TPSA) is 75.4 Å². The van der Waals surface area contributed by atoms with Gasteiger partial charge in [-0.1, -0.05) is 29.8 Å². The molecule has 0 unspecified atom stereocenters. The van der Waals surface area contributed by atoms with Gasteiger partial charge in [-0.3, -0.25) is 9.69 Å². The Bertz CT molecular complexity index is 463. The Kier molecular flexibility index (Phi) is 6.63. The number of halogens is 1. The van der Waals surface area contributed by atoms with Crippen LogP contribution >= 0.6 is 11.6 Å². The third-order valence-corrected chi connectivity index (χ3v) is 2.71. The van der Waals surface area contributed by atoms with E-state index >= 15 is 0 Å². The molecule has 102 valence electrons. The van der Waals surface area contributed by atoms with Crippen LogP contribution in [0.15, 0.2) is 30.5 Å². The summed E-state index contributed by atoms with van der Waals surface area (Å²) in [5.74, 6) is 0. The van der Waals surface area contributed by atoms with E-state index in [9.17, 15) is 9.59 Å². The highest BCUT2D eigenvalue weighted by molar-refractivity contribution is 6.32. The zero-order valence-electron chi connectivity index (χ0n) is 10.4. The molecule has 1 rings (SSSR count). The van der Waals surface area contributed by atoms with Crippen LogP contribution in [-0.4, -0.2) is 30.4 Å². The van der Waals surface area contributed by atoms with Crippen LogP contribution in [-0.2, 0) is 4.79 Å². The van der Waals surface area contributed by atoms with Gasteiger partial charge in [0, 0.05) is 17.8 Å². The Morgan fingerprint density at radius 1 is 1.42 bits per heavy atom. The smallest absolute Gasteiger partial charge is 0.327 e. The van der Waals surface area contributed by atoms with Gasteiger partial charge in [-0.25, -0.2) is 4.79 Å². The first-order chi connectivity index (χ1) is 9.19. The van der Waals surface area contributed by atoms with Crippen molar-refractivity contribution >= 4 is 30.1 Å². The van der Waals surface area contributed by atoms with Gasteiger partial charge >= 0.3 is 6.03 Å². The number of imide groups is 1. The SMILES string of the molecule is NCCCN(C=O)C(=O)N/C=C/c1ccccc1Cl. The number of carbonyl (C=O) groups excluding carboxylic acids is 2. The fourth-order valence-corrected chi connectivity index (χ4v) is 1.56. The summed E-state index contributed by atoms with van der Waals surface area (Å²) >= 11 is 5.95. The summed E-state index contributed by atoms with van der Waals surface area (Å²) in [5.41, 5.74) is 6.10. The van der Waals surface area contributed by atoms with Gasteiger partial charge in [-0.05, 0) is 30.7 Å². The second-order valence-electron chi connectivity index (χ2n) is 3.75. The summed E-state index contributed by atoms with van der Waals surface area (Å²) in [4.78, 5) is 23.4. The minimum Gasteiger partial charge on any atom is -0.330 e. The first kappa shape index (κ1) is 15.2. The van der Waals surface area contributed by atoms with Crippen LogP contribution in [0.3, 0.4) is 0 Å². The van der Waals surface area contributed by atoms with Gasteiger partial charge in [-0.2, -0.15) is 0 Å². The molecule has 0 atom stereocenters. The molecule has 3 amide bonds. The Hall–Kier alpha value is -1.85. The van der Waals surface area contributed by atoms with Crippen molar-refractivity contribution in [3.05, 3.63) is 41.1 Å². The van der Waals surface area contributed by atoms with E-state index in [2.05, 4.69) is 5.32 Å². The largest absolute Gasteiger partial charge is 0.330 e. The highest BCUT2D eigenvalue weighted by Gasteiger charge is 2.09. The number of carbonyl (C=O) groups is 2. The Morgan fingerprint density at radius 2 is 2.16 bits per heavy atom. The van der Waals surface area contributed by atoms with Crippen LogP contribution < -0.4 is 11.1 Å². The third-order valence-electron chi connectivity index (χ3n) is 2.37. The molecule has 0 aliphatic heterocycles. The summed E-state index contributed by atoms with van der Waals surface area (Å²) in [6.45, 7) is 0.721. The number of nitrogens with zero attached hydrogens (tertiary/aromatic N) is 1. The molecular formula is C13H16ClN3O2. The van der Waals surface area contributed by atoms with Gasteiger partial charge in [0.25, 0.3) is 0 Å². The van der Waals surface area contributed by atoms with Crippen molar-refractivity contribution in [2.75, 3.05) is 13.1 Å². The number of amides is 3. The summed E-state index contributed by atoms with van der Waals surface area (Å²) < 4.78 is 0. The molecule has 0 heterocycles. The Morgan fingerprint density at radius 3 is 2.79 bits per heavy atom. The number of hydrogen-bond donors (Lipinski definition) is 2. The van der Waals surface area contributed by atoms with Crippen LogP contribution in [0.25, 0.3) is 6.08 Å². The van der Waals surface area contributed by atoms with Gasteiger partial charge in [0.05, 0.1) is 0 Å². The maximum atomic E-state index is 11.6. The number of nitrogens with one attached hydrogen (secondary N) is 1. The minimum atomic E-state index is -0.494. The number of benzene rings is 1. The molecule has 5 nitrogen and oxygen atoms in total. The van der Waals surface area contributed by atoms with Crippen LogP contribution in [0.1, 0.15) is 12.0 Å². The van der Waals surface area contributed by atoms with E-state index < -0.39 is 6.03 Å². The normalized spacial score (nSPS) is 10.4. The molecule has 0 aromatic heterocycles. The minimum absolute atomic E-state index is 0.297. The first-order valence-electron chi connectivity index (χ1n) is 5.82. The third kappa shape index (κ3) is 5.11. The van der Waals surface area contributed by atoms with Crippen molar-refractivity contribution in [3.63, 3.8) is 0 Å². The summed E-state index contributed by atoms with van der Waals surface area (Å²) in [6.07, 6.45) is 4.16. The maximum absolute atomic E-state index is 11.6. The van der Waals surface area contributed by atoms with Crippen molar-refractivity contribution in [1.82, 2.24) is 10.2 Å². The lowest BCUT2D eigenvalue weighted by molar-refractivity contribution is -0.115. The van der Waals surface area contributed by atoms with Crippen molar-refractivity contribution in [2.24, 2.45) is 5.73 Å². The molecule has 6 heteroatoms.